The Hall–Kier alpha value is -0.0400. The summed E-state index contributed by atoms with van der Waals surface area (Å²) in [7, 11) is 0. The van der Waals surface area contributed by atoms with Crippen LogP contribution in [0, 0.1) is 11.8 Å². The standard InChI is InChI=1S/C17H33N/c1-2-4-11-17(12-5-3-1)15-18-14-8-13-16-9-6-7-10-16/h16-18H,1-15H2. The van der Waals surface area contributed by atoms with Gasteiger partial charge in [-0.15, -0.1) is 0 Å². The minimum absolute atomic E-state index is 0.983. The van der Waals surface area contributed by atoms with Gasteiger partial charge in [0.25, 0.3) is 0 Å². The van der Waals surface area contributed by atoms with Gasteiger partial charge >= 0.3 is 0 Å². The molecular weight excluding hydrogens is 218 g/mol. The first-order valence-electron chi connectivity index (χ1n) is 8.66. The average Bonchev–Trinajstić information content (AvgIpc) is 2.84. The molecule has 1 heteroatoms. The van der Waals surface area contributed by atoms with E-state index in [1.165, 1.54) is 96.6 Å². The third-order valence-corrected chi connectivity index (χ3v) is 5.10. The van der Waals surface area contributed by atoms with Crippen LogP contribution >= 0.6 is 0 Å². The van der Waals surface area contributed by atoms with E-state index < -0.39 is 0 Å². The van der Waals surface area contributed by atoms with E-state index in [1.54, 1.807) is 0 Å². The van der Waals surface area contributed by atoms with Crippen molar-refractivity contribution >= 4 is 0 Å². The molecule has 1 nitrogen and oxygen atoms in total. The molecule has 2 rings (SSSR count). The van der Waals surface area contributed by atoms with Crippen molar-refractivity contribution in [3.63, 3.8) is 0 Å². The molecule has 0 aromatic rings. The molecule has 1 N–H and O–H groups in total. The topological polar surface area (TPSA) is 12.0 Å². The highest BCUT2D eigenvalue weighted by atomic mass is 14.9. The second-order valence-corrected chi connectivity index (χ2v) is 6.71. The normalized spacial score (nSPS) is 24.0. The molecule has 2 aliphatic rings. The van der Waals surface area contributed by atoms with Gasteiger partial charge in [0, 0.05) is 0 Å². The van der Waals surface area contributed by atoms with Crippen molar-refractivity contribution in [2.45, 2.75) is 83.5 Å². The molecule has 0 atom stereocenters. The van der Waals surface area contributed by atoms with Crippen LogP contribution in [0.4, 0.5) is 0 Å². The number of rotatable bonds is 6. The molecular formula is C17H33N. The fourth-order valence-electron chi connectivity index (χ4n) is 3.87. The first kappa shape index (κ1) is 14.4. The molecule has 0 bridgehead atoms. The molecule has 2 saturated carbocycles. The van der Waals surface area contributed by atoms with E-state index in [1.807, 2.05) is 0 Å². The fourth-order valence-corrected chi connectivity index (χ4v) is 3.87. The predicted octanol–water partition coefficient (Wildman–Crippen LogP) is 4.91. The summed E-state index contributed by atoms with van der Waals surface area (Å²) < 4.78 is 0. The van der Waals surface area contributed by atoms with Crippen LogP contribution in [-0.4, -0.2) is 13.1 Å². The van der Waals surface area contributed by atoms with Gasteiger partial charge in [-0.2, -0.15) is 0 Å². The van der Waals surface area contributed by atoms with Crippen molar-refractivity contribution in [1.29, 1.82) is 0 Å². The van der Waals surface area contributed by atoms with Gasteiger partial charge in [0.2, 0.25) is 0 Å². The second-order valence-electron chi connectivity index (χ2n) is 6.71. The Morgan fingerprint density at radius 1 is 0.667 bits per heavy atom. The number of hydrogen-bond acceptors (Lipinski definition) is 1. The van der Waals surface area contributed by atoms with Crippen LogP contribution in [0.2, 0.25) is 0 Å². The quantitative estimate of drug-likeness (QED) is 0.662. The van der Waals surface area contributed by atoms with Crippen molar-refractivity contribution in [3.8, 4) is 0 Å². The molecule has 0 amide bonds. The Morgan fingerprint density at radius 3 is 1.94 bits per heavy atom. The lowest BCUT2D eigenvalue weighted by atomic mass is 9.91. The highest BCUT2D eigenvalue weighted by Gasteiger charge is 2.14. The van der Waals surface area contributed by atoms with Crippen LogP contribution in [0.25, 0.3) is 0 Å². The SMILES string of the molecule is C1CCCC(CNCCCC2CCCC2)CCC1. The lowest BCUT2D eigenvalue weighted by Gasteiger charge is -2.20. The van der Waals surface area contributed by atoms with Gasteiger partial charge in [-0.3, -0.25) is 0 Å². The summed E-state index contributed by atoms with van der Waals surface area (Å²) in [6, 6.07) is 0. The van der Waals surface area contributed by atoms with Gasteiger partial charge in [0.05, 0.1) is 0 Å². The van der Waals surface area contributed by atoms with Gasteiger partial charge in [-0.1, -0.05) is 57.8 Å². The van der Waals surface area contributed by atoms with E-state index in [4.69, 9.17) is 0 Å². The summed E-state index contributed by atoms with van der Waals surface area (Å²) in [5.74, 6) is 2.06. The zero-order chi connectivity index (χ0) is 12.5. The Bertz CT molecular complexity index is 188. The second kappa shape index (κ2) is 8.96. The fraction of sp³-hybridized carbons (Fsp3) is 1.00. The molecule has 0 aromatic heterocycles. The lowest BCUT2D eigenvalue weighted by Crippen LogP contribution is -2.24. The Kier molecular flexibility index (Phi) is 7.15. The van der Waals surface area contributed by atoms with E-state index in [9.17, 15) is 0 Å². The highest BCUT2D eigenvalue weighted by Crippen LogP contribution is 2.28. The summed E-state index contributed by atoms with van der Waals surface area (Å²) in [4.78, 5) is 0. The van der Waals surface area contributed by atoms with Crippen molar-refractivity contribution in [2.24, 2.45) is 11.8 Å². The maximum Gasteiger partial charge on any atom is -0.00205 e. The van der Waals surface area contributed by atoms with Crippen molar-refractivity contribution < 1.29 is 0 Å². The van der Waals surface area contributed by atoms with Gasteiger partial charge in [0.1, 0.15) is 0 Å². The molecule has 0 heterocycles. The molecule has 0 aliphatic heterocycles. The van der Waals surface area contributed by atoms with Crippen LogP contribution < -0.4 is 5.32 Å². The zero-order valence-corrected chi connectivity index (χ0v) is 12.3. The van der Waals surface area contributed by atoms with Gasteiger partial charge < -0.3 is 5.32 Å². The minimum atomic E-state index is 0.983. The van der Waals surface area contributed by atoms with E-state index in [-0.39, 0.29) is 0 Å². The van der Waals surface area contributed by atoms with Crippen LogP contribution in [0.15, 0.2) is 0 Å². The van der Waals surface area contributed by atoms with E-state index in [2.05, 4.69) is 5.32 Å². The maximum atomic E-state index is 3.73. The third-order valence-electron chi connectivity index (χ3n) is 5.10. The zero-order valence-electron chi connectivity index (χ0n) is 12.3. The number of nitrogens with one attached hydrogen (secondary N) is 1. The molecule has 2 fully saturated rings. The summed E-state index contributed by atoms with van der Waals surface area (Å²) in [6.45, 7) is 2.57. The molecule has 0 spiro atoms. The lowest BCUT2D eigenvalue weighted by molar-refractivity contribution is 0.357. The van der Waals surface area contributed by atoms with Gasteiger partial charge in [0.15, 0.2) is 0 Å². The maximum absolute atomic E-state index is 3.73. The summed E-state index contributed by atoms with van der Waals surface area (Å²) >= 11 is 0. The van der Waals surface area contributed by atoms with Gasteiger partial charge in [-0.25, -0.2) is 0 Å². The average molecular weight is 251 g/mol. The summed E-state index contributed by atoms with van der Waals surface area (Å²) in [5.41, 5.74) is 0. The molecule has 0 radical (unpaired) electrons. The molecule has 0 unspecified atom stereocenters. The first-order chi connectivity index (χ1) is 8.95. The third kappa shape index (κ3) is 5.73. The largest absolute Gasteiger partial charge is 0.316 e. The summed E-state index contributed by atoms with van der Waals surface area (Å²) in [5, 5.41) is 3.73. The first-order valence-corrected chi connectivity index (χ1v) is 8.66. The Labute approximate surface area is 114 Å². The Morgan fingerprint density at radius 2 is 1.22 bits per heavy atom. The summed E-state index contributed by atoms with van der Waals surface area (Å²) in [6.07, 6.45) is 19.3. The van der Waals surface area contributed by atoms with Gasteiger partial charge in [-0.05, 0) is 50.6 Å². The minimum Gasteiger partial charge on any atom is -0.316 e. The molecule has 106 valence electrons. The van der Waals surface area contributed by atoms with Crippen LogP contribution in [-0.2, 0) is 0 Å². The molecule has 0 aromatic carbocycles. The monoisotopic (exact) mass is 251 g/mol. The Balaban J connectivity index is 1.46. The van der Waals surface area contributed by atoms with Crippen LogP contribution in [0.5, 0.6) is 0 Å². The van der Waals surface area contributed by atoms with Crippen LogP contribution in [0.1, 0.15) is 83.5 Å². The van der Waals surface area contributed by atoms with E-state index >= 15 is 0 Å². The van der Waals surface area contributed by atoms with E-state index in [0.717, 1.165) is 11.8 Å². The van der Waals surface area contributed by atoms with E-state index in [0.29, 0.717) is 0 Å². The smallest absolute Gasteiger partial charge is 0.00205 e. The molecule has 0 saturated heterocycles. The molecule has 2 aliphatic carbocycles. The van der Waals surface area contributed by atoms with Crippen LogP contribution in [0.3, 0.4) is 0 Å². The van der Waals surface area contributed by atoms with Crippen molar-refractivity contribution in [2.75, 3.05) is 13.1 Å². The van der Waals surface area contributed by atoms with Crippen molar-refractivity contribution in [1.82, 2.24) is 5.32 Å². The number of hydrogen-bond donors (Lipinski definition) is 1. The van der Waals surface area contributed by atoms with Crippen molar-refractivity contribution in [3.05, 3.63) is 0 Å². The highest BCUT2D eigenvalue weighted by molar-refractivity contribution is 4.69. The predicted molar refractivity (Wildman–Crippen MR) is 79.9 cm³/mol. The molecule has 18 heavy (non-hydrogen) atoms.